The molecule has 0 fully saturated rings. The lowest BCUT2D eigenvalue weighted by atomic mass is 10.1. The molecular weight excluding hydrogens is 306 g/mol. The van der Waals surface area contributed by atoms with Gasteiger partial charge in [-0.05, 0) is 29.8 Å². The van der Waals surface area contributed by atoms with Crippen LogP contribution in [0.25, 0.3) is 10.9 Å². The summed E-state index contributed by atoms with van der Waals surface area (Å²) in [5.41, 5.74) is 2.19. The Balaban J connectivity index is 1.85. The standard InChI is InChI=1S/C18H17N3O3/c1-23-16-8-7-12(9-14(16)18(22)24-2)10-19-17-13-5-3-4-6-15(13)20-11-21-17/h3-9,11H,10H2,1-2H3,(H,19,20,21). The van der Waals surface area contributed by atoms with Gasteiger partial charge in [0.25, 0.3) is 0 Å². The van der Waals surface area contributed by atoms with Gasteiger partial charge in [-0.1, -0.05) is 18.2 Å². The van der Waals surface area contributed by atoms with Crippen LogP contribution < -0.4 is 10.1 Å². The summed E-state index contributed by atoms with van der Waals surface area (Å²) < 4.78 is 10.00. The number of carbonyl (C=O) groups excluding carboxylic acids is 1. The van der Waals surface area contributed by atoms with E-state index in [1.54, 1.807) is 12.1 Å². The molecule has 0 radical (unpaired) electrons. The number of nitrogens with one attached hydrogen (secondary N) is 1. The van der Waals surface area contributed by atoms with E-state index in [2.05, 4.69) is 15.3 Å². The molecule has 6 nitrogen and oxygen atoms in total. The highest BCUT2D eigenvalue weighted by atomic mass is 16.5. The van der Waals surface area contributed by atoms with E-state index < -0.39 is 5.97 Å². The number of hydrogen-bond donors (Lipinski definition) is 1. The monoisotopic (exact) mass is 323 g/mol. The van der Waals surface area contributed by atoms with Crippen LogP contribution in [-0.4, -0.2) is 30.2 Å². The van der Waals surface area contributed by atoms with Gasteiger partial charge in [0.1, 0.15) is 23.5 Å². The van der Waals surface area contributed by atoms with Gasteiger partial charge in [0.05, 0.1) is 19.7 Å². The molecule has 24 heavy (non-hydrogen) atoms. The number of esters is 1. The summed E-state index contributed by atoms with van der Waals surface area (Å²) in [6.07, 6.45) is 1.53. The summed E-state index contributed by atoms with van der Waals surface area (Å²) in [5, 5.41) is 4.23. The second kappa shape index (κ2) is 6.95. The molecular formula is C18H17N3O3. The topological polar surface area (TPSA) is 73.3 Å². The number of para-hydroxylation sites is 1. The summed E-state index contributed by atoms with van der Waals surface area (Å²) in [7, 11) is 2.87. The first-order valence-electron chi connectivity index (χ1n) is 7.41. The van der Waals surface area contributed by atoms with Gasteiger partial charge in [-0.15, -0.1) is 0 Å². The van der Waals surface area contributed by atoms with Gasteiger partial charge < -0.3 is 14.8 Å². The maximum atomic E-state index is 11.9. The summed E-state index contributed by atoms with van der Waals surface area (Å²) in [5.74, 6) is 0.801. The van der Waals surface area contributed by atoms with E-state index in [-0.39, 0.29) is 0 Å². The maximum Gasteiger partial charge on any atom is 0.341 e. The van der Waals surface area contributed by atoms with Crippen LogP contribution in [0.4, 0.5) is 5.82 Å². The number of carbonyl (C=O) groups is 1. The van der Waals surface area contributed by atoms with Crippen molar-refractivity contribution in [3.63, 3.8) is 0 Å². The molecule has 6 heteroatoms. The summed E-state index contributed by atoms with van der Waals surface area (Å²) >= 11 is 0. The van der Waals surface area contributed by atoms with Crippen LogP contribution >= 0.6 is 0 Å². The van der Waals surface area contributed by atoms with Gasteiger partial charge in [0.2, 0.25) is 0 Å². The molecule has 122 valence electrons. The number of fused-ring (bicyclic) bond motifs is 1. The normalized spacial score (nSPS) is 10.4. The van der Waals surface area contributed by atoms with Crippen LogP contribution in [0.3, 0.4) is 0 Å². The highest BCUT2D eigenvalue weighted by Gasteiger charge is 2.13. The van der Waals surface area contributed by atoms with Gasteiger partial charge >= 0.3 is 5.97 Å². The Kier molecular flexibility index (Phi) is 4.56. The quantitative estimate of drug-likeness (QED) is 0.728. The van der Waals surface area contributed by atoms with Crippen LogP contribution in [0, 0.1) is 0 Å². The van der Waals surface area contributed by atoms with Crippen LogP contribution in [0.1, 0.15) is 15.9 Å². The zero-order valence-corrected chi connectivity index (χ0v) is 13.4. The van der Waals surface area contributed by atoms with Gasteiger partial charge in [0, 0.05) is 11.9 Å². The maximum absolute atomic E-state index is 11.9. The van der Waals surface area contributed by atoms with E-state index >= 15 is 0 Å². The first kappa shape index (κ1) is 15.7. The molecule has 3 aromatic rings. The molecule has 0 atom stereocenters. The lowest BCUT2D eigenvalue weighted by molar-refractivity contribution is 0.0597. The number of nitrogens with zero attached hydrogens (tertiary/aromatic N) is 2. The number of rotatable bonds is 5. The van der Waals surface area contributed by atoms with E-state index in [1.807, 2.05) is 30.3 Å². The fourth-order valence-corrected chi connectivity index (χ4v) is 2.47. The third-order valence-electron chi connectivity index (χ3n) is 3.67. The van der Waals surface area contributed by atoms with Crippen LogP contribution in [0.2, 0.25) is 0 Å². The first-order valence-corrected chi connectivity index (χ1v) is 7.41. The molecule has 0 saturated heterocycles. The molecule has 0 unspecified atom stereocenters. The fraction of sp³-hybridized carbons (Fsp3) is 0.167. The molecule has 0 saturated carbocycles. The van der Waals surface area contributed by atoms with Crippen LogP contribution in [0.5, 0.6) is 5.75 Å². The van der Waals surface area contributed by atoms with Gasteiger partial charge in [0.15, 0.2) is 0 Å². The Morgan fingerprint density at radius 3 is 2.75 bits per heavy atom. The predicted molar refractivity (Wildman–Crippen MR) is 91.2 cm³/mol. The molecule has 1 aromatic heterocycles. The van der Waals surface area contributed by atoms with Gasteiger partial charge in [-0.25, -0.2) is 14.8 Å². The second-order valence-electron chi connectivity index (χ2n) is 5.12. The van der Waals surface area contributed by atoms with Crippen molar-refractivity contribution in [3.05, 3.63) is 59.9 Å². The molecule has 0 amide bonds. The largest absolute Gasteiger partial charge is 0.496 e. The molecule has 0 aliphatic heterocycles. The average Bonchev–Trinajstić information content (AvgIpc) is 2.65. The Bertz CT molecular complexity index is 875. The van der Waals surface area contributed by atoms with E-state index in [1.165, 1.54) is 20.5 Å². The van der Waals surface area contributed by atoms with Crippen LogP contribution in [-0.2, 0) is 11.3 Å². The van der Waals surface area contributed by atoms with E-state index in [9.17, 15) is 4.79 Å². The van der Waals surface area contributed by atoms with Crippen molar-refractivity contribution >= 4 is 22.7 Å². The lowest BCUT2D eigenvalue weighted by Gasteiger charge is -2.11. The van der Waals surface area contributed by atoms with E-state index in [0.717, 1.165) is 22.3 Å². The predicted octanol–water partition coefficient (Wildman–Crippen LogP) is 3.04. The minimum atomic E-state index is -0.429. The SMILES string of the molecule is COC(=O)c1cc(CNc2ncnc3ccccc23)ccc1OC. The molecule has 1 N–H and O–H groups in total. The van der Waals surface area contributed by atoms with Crippen molar-refractivity contribution < 1.29 is 14.3 Å². The van der Waals surface area contributed by atoms with E-state index in [4.69, 9.17) is 9.47 Å². The Labute approximate surface area is 139 Å². The molecule has 3 rings (SSSR count). The third-order valence-corrected chi connectivity index (χ3v) is 3.67. The van der Waals surface area contributed by atoms with Crippen molar-refractivity contribution in [2.45, 2.75) is 6.54 Å². The summed E-state index contributed by atoms with van der Waals surface area (Å²) in [6.45, 7) is 0.509. The third kappa shape index (κ3) is 3.12. The zero-order valence-electron chi connectivity index (χ0n) is 13.4. The summed E-state index contributed by atoms with van der Waals surface area (Å²) in [4.78, 5) is 20.4. The Morgan fingerprint density at radius 2 is 1.96 bits per heavy atom. The number of methoxy groups -OCH3 is 2. The number of benzene rings is 2. The lowest BCUT2D eigenvalue weighted by Crippen LogP contribution is -2.07. The highest BCUT2D eigenvalue weighted by molar-refractivity contribution is 5.92. The number of hydrogen-bond acceptors (Lipinski definition) is 6. The minimum Gasteiger partial charge on any atom is -0.496 e. The fourth-order valence-electron chi connectivity index (χ4n) is 2.47. The first-order chi connectivity index (χ1) is 11.7. The van der Waals surface area contributed by atoms with Crippen molar-refractivity contribution in [2.75, 3.05) is 19.5 Å². The minimum absolute atomic E-state index is 0.395. The second-order valence-corrected chi connectivity index (χ2v) is 5.12. The molecule has 2 aromatic carbocycles. The van der Waals surface area contributed by atoms with Crippen molar-refractivity contribution in [1.82, 2.24) is 9.97 Å². The van der Waals surface area contributed by atoms with Crippen molar-refractivity contribution in [3.8, 4) is 5.75 Å². The summed E-state index contributed by atoms with van der Waals surface area (Å²) in [6, 6.07) is 13.2. The number of anilines is 1. The van der Waals surface area contributed by atoms with Crippen molar-refractivity contribution in [1.29, 1.82) is 0 Å². The van der Waals surface area contributed by atoms with E-state index in [0.29, 0.717) is 17.9 Å². The van der Waals surface area contributed by atoms with Gasteiger partial charge in [-0.2, -0.15) is 0 Å². The highest BCUT2D eigenvalue weighted by Crippen LogP contribution is 2.23. The molecule has 0 aliphatic rings. The molecule has 1 heterocycles. The smallest absolute Gasteiger partial charge is 0.341 e. The average molecular weight is 323 g/mol. The number of aromatic nitrogens is 2. The molecule has 0 bridgehead atoms. The number of ether oxygens (including phenoxy) is 2. The van der Waals surface area contributed by atoms with Gasteiger partial charge in [-0.3, -0.25) is 0 Å². The zero-order chi connectivity index (χ0) is 16.9. The molecule has 0 aliphatic carbocycles. The Morgan fingerprint density at radius 1 is 1.12 bits per heavy atom. The Hall–Kier alpha value is -3.15. The van der Waals surface area contributed by atoms with Crippen molar-refractivity contribution in [2.24, 2.45) is 0 Å². The molecule has 0 spiro atoms. The van der Waals surface area contributed by atoms with Crippen LogP contribution in [0.15, 0.2) is 48.8 Å².